The number of piperidine rings is 1. The first-order valence-electron chi connectivity index (χ1n) is 11.8. The lowest BCUT2D eigenvalue weighted by molar-refractivity contribution is 0.0954. The summed E-state index contributed by atoms with van der Waals surface area (Å²) in [6.45, 7) is 4.30. The van der Waals surface area contributed by atoms with Crippen molar-refractivity contribution in [1.82, 2.24) is 15.3 Å². The summed E-state index contributed by atoms with van der Waals surface area (Å²) in [5.41, 5.74) is 0.826. The molecule has 1 saturated heterocycles. The molecule has 0 unspecified atom stereocenters. The number of ether oxygens (including phenoxy) is 1. The number of hydrogen-bond donors (Lipinski definition) is 1. The SMILES string of the molecule is C#CCNC(=O)c1ccc(OCCCC2CCN(c3ncc(-c4ccc(C)o4)cn3)CC2)cc1F. The van der Waals surface area contributed by atoms with Crippen LogP contribution in [-0.4, -0.2) is 42.1 Å². The first-order chi connectivity index (χ1) is 17.0. The fourth-order valence-corrected chi connectivity index (χ4v) is 4.18. The van der Waals surface area contributed by atoms with Gasteiger partial charge in [-0.05, 0) is 62.8 Å². The lowest BCUT2D eigenvalue weighted by Gasteiger charge is -2.32. The summed E-state index contributed by atoms with van der Waals surface area (Å²) in [7, 11) is 0. The summed E-state index contributed by atoms with van der Waals surface area (Å²) in [6.07, 6.45) is 12.8. The van der Waals surface area contributed by atoms with Crippen LogP contribution in [0, 0.1) is 31.0 Å². The normalized spacial score (nSPS) is 13.9. The van der Waals surface area contributed by atoms with Crippen molar-refractivity contribution in [3.8, 4) is 29.4 Å². The van der Waals surface area contributed by atoms with Crippen LogP contribution < -0.4 is 15.0 Å². The number of nitrogens with one attached hydrogen (secondary N) is 1. The second-order valence-electron chi connectivity index (χ2n) is 8.63. The number of aromatic nitrogens is 2. The number of carbonyl (C=O) groups excluding carboxylic acids is 1. The average Bonchev–Trinajstić information content (AvgIpc) is 3.32. The minimum Gasteiger partial charge on any atom is -0.493 e. The molecule has 35 heavy (non-hydrogen) atoms. The van der Waals surface area contributed by atoms with Crippen LogP contribution in [-0.2, 0) is 0 Å². The van der Waals surface area contributed by atoms with Gasteiger partial charge in [-0.1, -0.05) is 5.92 Å². The second kappa shape index (κ2) is 11.5. The van der Waals surface area contributed by atoms with Gasteiger partial charge in [-0.3, -0.25) is 4.79 Å². The van der Waals surface area contributed by atoms with E-state index in [-0.39, 0.29) is 12.1 Å². The molecule has 3 aromatic rings. The molecule has 0 radical (unpaired) electrons. The van der Waals surface area contributed by atoms with Crippen LogP contribution in [0.25, 0.3) is 11.3 Å². The summed E-state index contributed by atoms with van der Waals surface area (Å²) < 4.78 is 25.5. The third kappa shape index (κ3) is 6.38. The Morgan fingerprint density at radius 3 is 2.69 bits per heavy atom. The van der Waals surface area contributed by atoms with Crippen molar-refractivity contribution in [2.45, 2.75) is 32.6 Å². The van der Waals surface area contributed by atoms with Crippen molar-refractivity contribution >= 4 is 11.9 Å². The van der Waals surface area contributed by atoms with E-state index < -0.39 is 11.7 Å². The number of terminal acetylenes is 1. The zero-order valence-electron chi connectivity index (χ0n) is 19.8. The zero-order valence-corrected chi connectivity index (χ0v) is 19.8. The molecule has 1 N–H and O–H groups in total. The van der Waals surface area contributed by atoms with Crippen LogP contribution in [0.5, 0.6) is 5.75 Å². The van der Waals surface area contributed by atoms with Gasteiger partial charge in [0.1, 0.15) is 23.1 Å². The van der Waals surface area contributed by atoms with Crippen LogP contribution >= 0.6 is 0 Å². The number of hydrogen-bond acceptors (Lipinski definition) is 6. The van der Waals surface area contributed by atoms with Gasteiger partial charge in [0.2, 0.25) is 5.95 Å². The van der Waals surface area contributed by atoms with E-state index in [0.29, 0.717) is 18.3 Å². The maximum absolute atomic E-state index is 14.2. The summed E-state index contributed by atoms with van der Waals surface area (Å²) in [5.74, 6) is 4.54. The molecular formula is C27H29FN4O3. The Hall–Kier alpha value is -3.86. The minimum atomic E-state index is -0.626. The highest BCUT2D eigenvalue weighted by Gasteiger charge is 2.21. The molecule has 1 aliphatic heterocycles. The number of rotatable bonds is 9. The quantitative estimate of drug-likeness (QED) is 0.359. The number of benzene rings is 1. The predicted molar refractivity (Wildman–Crippen MR) is 132 cm³/mol. The number of carbonyl (C=O) groups is 1. The topological polar surface area (TPSA) is 80.5 Å². The van der Waals surface area contributed by atoms with Gasteiger partial charge < -0.3 is 19.4 Å². The number of anilines is 1. The van der Waals surface area contributed by atoms with Gasteiger partial charge in [-0.25, -0.2) is 14.4 Å². The molecule has 0 aliphatic carbocycles. The summed E-state index contributed by atoms with van der Waals surface area (Å²) in [6, 6.07) is 8.11. The maximum Gasteiger partial charge on any atom is 0.255 e. The standard InChI is InChI=1S/C27H29FN4O3/c1-3-12-29-26(33)23-8-7-22(16-24(23)28)34-15-4-5-20-10-13-32(14-11-20)27-30-17-21(18-31-27)25-9-6-19(2)35-25/h1,6-9,16-18,20H,4-5,10-15H2,2H3,(H,29,33). The van der Waals surface area contributed by atoms with Crippen molar-refractivity contribution in [3.63, 3.8) is 0 Å². The molecule has 0 spiro atoms. The number of halogens is 1. The third-order valence-corrected chi connectivity index (χ3v) is 6.12. The molecule has 0 atom stereocenters. The number of amides is 1. The van der Waals surface area contributed by atoms with Crippen molar-refractivity contribution in [2.75, 3.05) is 31.1 Å². The lowest BCUT2D eigenvalue weighted by atomic mass is 9.92. The van der Waals surface area contributed by atoms with E-state index in [4.69, 9.17) is 15.6 Å². The van der Waals surface area contributed by atoms with Crippen molar-refractivity contribution in [3.05, 3.63) is 59.9 Å². The molecule has 0 saturated carbocycles. The Morgan fingerprint density at radius 1 is 1.26 bits per heavy atom. The average molecular weight is 477 g/mol. The lowest BCUT2D eigenvalue weighted by Crippen LogP contribution is -2.34. The molecule has 182 valence electrons. The van der Waals surface area contributed by atoms with Gasteiger partial charge in [0.15, 0.2) is 0 Å². The Morgan fingerprint density at radius 2 is 2.03 bits per heavy atom. The van der Waals surface area contributed by atoms with E-state index in [1.165, 1.54) is 12.1 Å². The number of furan rings is 1. The number of aryl methyl sites for hydroxylation is 1. The van der Waals surface area contributed by atoms with Crippen LogP contribution in [0.3, 0.4) is 0 Å². The highest BCUT2D eigenvalue weighted by molar-refractivity contribution is 5.94. The first kappa shape index (κ1) is 24.3. The Kier molecular flexibility index (Phi) is 7.99. The van der Waals surface area contributed by atoms with Gasteiger partial charge in [-0.15, -0.1) is 6.42 Å². The highest BCUT2D eigenvalue weighted by atomic mass is 19.1. The summed E-state index contributed by atoms with van der Waals surface area (Å²) >= 11 is 0. The van der Waals surface area contributed by atoms with Crippen LogP contribution in [0.4, 0.5) is 10.3 Å². The third-order valence-electron chi connectivity index (χ3n) is 6.12. The molecule has 4 rings (SSSR count). The Labute approximate surface area is 204 Å². The van der Waals surface area contributed by atoms with E-state index in [9.17, 15) is 9.18 Å². The van der Waals surface area contributed by atoms with Gasteiger partial charge in [-0.2, -0.15) is 0 Å². The van der Waals surface area contributed by atoms with Crippen LogP contribution in [0.15, 0.2) is 47.1 Å². The molecule has 1 aliphatic rings. The predicted octanol–water partition coefficient (Wildman–Crippen LogP) is 4.62. The molecule has 7 nitrogen and oxygen atoms in total. The Balaban J connectivity index is 1.17. The molecule has 3 heterocycles. The molecule has 1 aromatic carbocycles. The molecule has 0 bridgehead atoms. The highest BCUT2D eigenvalue weighted by Crippen LogP contribution is 2.26. The zero-order chi connectivity index (χ0) is 24.6. The summed E-state index contributed by atoms with van der Waals surface area (Å²) in [4.78, 5) is 23.1. The van der Waals surface area contributed by atoms with Gasteiger partial charge in [0.05, 0.1) is 24.3 Å². The molecule has 8 heteroatoms. The second-order valence-corrected chi connectivity index (χ2v) is 8.63. The van der Waals surface area contributed by atoms with E-state index in [2.05, 4.69) is 26.1 Å². The summed E-state index contributed by atoms with van der Waals surface area (Å²) in [5, 5.41) is 2.45. The monoisotopic (exact) mass is 476 g/mol. The maximum atomic E-state index is 14.2. The van der Waals surface area contributed by atoms with Crippen molar-refractivity contribution in [2.24, 2.45) is 5.92 Å². The molecule has 1 fully saturated rings. The van der Waals surface area contributed by atoms with Crippen molar-refractivity contribution in [1.29, 1.82) is 0 Å². The van der Waals surface area contributed by atoms with Gasteiger partial charge in [0, 0.05) is 31.5 Å². The van der Waals surface area contributed by atoms with E-state index in [1.807, 2.05) is 31.5 Å². The van der Waals surface area contributed by atoms with E-state index in [1.54, 1.807) is 6.07 Å². The van der Waals surface area contributed by atoms with Gasteiger partial charge >= 0.3 is 0 Å². The smallest absolute Gasteiger partial charge is 0.255 e. The fraction of sp³-hybridized carbons (Fsp3) is 0.370. The first-order valence-corrected chi connectivity index (χ1v) is 11.8. The van der Waals surface area contributed by atoms with Crippen molar-refractivity contribution < 1.29 is 18.3 Å². The van der Waals surface area contributed by atoms with E-state index >= 15 is 0 Å². The Bertz CT molecular complexity index is 1180. The minimum absolute atomic E-state index is 0.0472. The molecule has 1 amide bonds. The van der Waals surface area contributed by atoms with Gasteiger partial charge in [0.25, 0.3) is 5.91 Å². The van der Waals surface area contributed by atoms with E-state index in [0.717, 1.165) is 61.8 Å². The molecule has 2 aromatic heterocycles. The molecular weight excluding hydrogens is 447 g/mol. The van der Waals surface area contributed by atoms with Crippen LogP contribution in [0.1, 0.15) is 41.8 Å². The fourth-order valence-electron chi connectivity index (χ4n) is 4.18. The largest absolute Gasteiger partial charge is 0.493 e. The van der Waals surface area contributed by atoms with Crippen LogP contribution in [0.2, 0.25) is 0 Å². The number of nitrogens with zero attached hydrogens (tertiary/aromatic N) is 3.